The van der Waals surface area contributed by atoms with Crippen LogP contribution in [-0.2, 0) is 40.1 Å². The summed E-state index contributed by atoms with van der Waals surface area (Å²) in [4.78, 5) is 41.6. The van der Waals surface area contributed by atoms with Gasteiger partial charge in [0.2, 0.25) is 15.8 Å². The molecule has 1 aromatic rings. The molecule has 4 aliphatic carbocycles. The first kappa shape index (κ1) is 32.9. The number of ether oxygens (including phenoxy) is 2. The summed E-state index contributed by atoms with van der Waals surface area (Å²) in [5, 5.41) is 24.2. The van der Waals surface area contributed by atoms with Gasteiger partial charge >= 0.3 is 12.1 Å². The Morgan fingerprint density at radius 1 is 1.09 bits per heavy atom. The molecule has 2 spiro atoms. The Kier molecular flexibility index (Phi) is 7.13. The van der Waals surface area contributed by atoms with Crippen molar-refractivity contribution in [3.05, 3.63) is 42.0 Å². The van der Waals surface area contributed by atoms with E-state index in [0.717, 1.165) is 16.4 Å². The van der Waals surface area contributed by atoms with Crippen LogP contribution in [-0.4, -0.2) is 78.2 Å². The number of carbonyl (C=O) groups is 3. The summed E-state index contributed by atoms with van der Waals surface area (Å²) in [6.45, 7) is 7.52. The number of piperidine rings is 1. The van der Waals surface area contributed by atoms with Crippen LogP contribution in [0.1, 0.15) is 57.9 Å². The number of aliphatic hydroxyl groups is 2. The van der Waals surface area contributed by atoms with Crippen molar-refractivity contribution in [1.29, 1.82) is 0 Å². The number of aliphatic hydroxyl groups excluding tert-OH is 1. The third-order valence-electron chi connectivity index (χ3n) is 12.5. The van der Waals surface area contributed by atoms with E-state index in [-0.39, 0.29) is 55.2 Å². The van der Waals surface area contributed by atoms with E-state index in [9.17, 15) is 46.2 Å². The summed E-state index contributed by atoms with van der Waals surface area (Å²) in [5.41, 5.74) is -4.58. The Balaban J connectivity index is 1.15. The average molecular weight is 682 g/mol. The molecule has 8 atom stereocenters. The maximum Gasteiger partial charge on any atom is 0.416 e. The molecule has 256 valence electrons. The third-order valence-corrected chi connectivity index (χ3v) is 14.4. The zero-order chi connectivity index (χ0) is 34.1. The second-order valence-corrected chi connectivity index (χ2v) is 16.8. The number of carbonyl (C=O) groups excluding carboxylic acids is 3. The number of Topliss-reactive ketones (excluding diaryl/α,β-unsaturated/α-hetero) is 2. The van der Waals surface area contributed by atoms with Crippen LogP contribution in [0.4, 0.5) is 13.2 Å². The predicted octanol–water partition coefficient (Wildman–Crippen LogP) is 3.25. The molecule has 0 amide bonds. The number of alkyl halides is 3. The lowest BCUT2D eigenvalue weighted by Crippen LogP contribution is -2.85. The molecule has 14 heteroatoms. The van der Waals surface area contributed by atoms with Gasteiger partial charge in [0.25, 0.3) is 0 Å². The monoisotopic (exact) mass is 681 g/mol. The highest BCUT2D eigenvalue weighted by atomic mass is 32.2. The molecule has 4 bridgehead atoms. The Morgan fingerprint density at radius 3 is 2.34 bits per heavy atom. The zero-order valence-corrected chi connectivity index (χ0v) is 26.9. The fourth-order valence-electron chi connectivity index (χ4n) is 10.3. The van der Waals surface area contributed by atoms with Crippen molar-refractivity contribution in [2.45, 2.75) is 81.4 Å². The average Bonchev–Trinajstić information content (AvgIpc) is 3.13. The highest BCUT2D eigenvalue weighted by molar-refractivity contribution is 7.89. The zero-order valence-electron chi connectivity index (χ0n) is 26.1. The van der Waals surface area contributed by atoms with E-state index in [0.29, 0.717) is 31.4 Å². The van der Waals surface area contributed by atoms with E-state index in [4.69, 9.17) is 9.47 Å². The molecular formula is C33H38F3NO9S. The first-order chi connectivity index (χ1) is 21.8. The van der Waals surface area contributed by atoms with Crippen molar-refractivity contribution in [2.75, 3.05) is 19.7 Å². The molecule has 10 nitrogen and oxygen atoms in total. The van der Waals surface area contributed by atoms with E-state index in [2.05, 4.69) is 6.58 Å². The second kappa shape index (κ2) is 10.2. The van der Waals surface area contributed by atoms with E-state index in [1.807, 2.05) is 13.8 Å². The van der Waals surface area contributed by atoms with E-state index >= 15 is 0 Å². The Labute approximate surface area is 270 Å². The number of halogens is 3. The van der Waals surface area contributed by atoms with Gasteiger partial charge in [-0.15, -0.1) is 0 Å². The normalized spacial score (nSPS) is 40.2. The lowest BCUT2D eigenvalue weighted by molar-refractivity contribution is -0.437. The van der Waals surface area contributed by atoms with Gasteiger partial charge in [0.1, 0.15) is 23.4 Å². The smallest absolute Gasteiger partial charge is 0.416 e. The molecule has 3 aliphatic heterocycles. The summed E-state index contributed by atoms with van der Waals surface area (Å²) < 4.78 is 78.5. The first-order valence-electron chi connectivity index (χ1n) is 16.0. The molecule has 7 aliphatic rings. The van der Waals surface area contributed by atoms with Gasteiger partial charge in [0, 0.05) is 31.3 Å². The van der Waals surface area contributed by atoms with Crippen LogP contribution in [0.3, 0.4) is 0 Å². The predicted molar refractivity (Wildman–Crippen MR) is 156 cm³/mol. The Hall–Kier alpha value is -2.65. The molecule has 0 aromatic heterocycles. The second-order valence-electron chi connectivity index (χ2n) is 14.9. The van der Waals surface area contributed by atoms with Gasteiger partial charge < -0.3 is 19.7 Å². The summed E-state index contributed by atoms with van der Waals surface area (Å²) in [5.74, 6) is -6.74. The molecule has 0 unspecified atom stereocenters. The topological polar surface area (TPSA) is 148 Å². The minimum Gasteiger partial charge on any atom is -0.460 e. The SMILES string of the molecule is C=C1C(=O)[C@]23[C@H](OC(=O)C4CCN(S(=O)(=O)c5ccc(C(F)(F)F)cc5)CC4)[C@H]1CC[C@H]2[C@@]12CO[C@]3(O)[C@@H](O)[C@@H]1C(C)(C)CCC2=O. The van der Waals surface area contributed by atoms with Crippen LogP contribution in [0.5, 0.6) is 0 Å². The number of rotatable bonds is 4. The van der Waals surface area contributed by atoms with Gasteiger partial charge in [-0.3, -0.25) is 14.4 Å². The van der Waals surface area contributed by atoms with Crippen molar-refractivity contribution in [3.8, 4) is 0 Å². The highest BCUT2D eigenvalue weighted by Crippen LogP contribution is 2.76. The summed E-state index contributed by atoms with van der Waals surface area (Å²) in [7, 11) is -4.14. The highest BCUT2D eigenvalue weighted by Gasteiger charge is 2.88. The van der Waals surface area contributed by atoms with Crippen LogP contribution in [0.25, 0.3) is 0 Å². The number of fused-ring (bicyclic) bond motifs is 2. The first-order valence-corrected chi connectivity index (χ1v) is 17.5. The molecule has 3 saturated heterocycles. The van der Waals surface area contributed by atoms with Crippen LogP contribution < -0.4 is 0 Å². The van der Waals surface area contributed by atoms with Crippen molar-refractivity contribution in [2.24, 2.45) is 39.9 Å². The molecule has 2 N–H and O–H groups in total. The van der Waals surface area contributed by atoms with Crippen LogP contribution in [0, 0.1) is 39.9 Å². The van der Waals surface area contributed by atoms with Crippen molar-refractivity contribution < 1.29 is 55.7 Å². The Morgan fingerprint density at radius 2 is 1.72 bits per heavy atom. The maximum atomic E-state index is 14.3. The van der Waals surface area contributed by atoms with Crippen LogP contribution in [0.15, 0.2) is 41.3 Å². The van der Waals surface area contributed by atoms with Crippen molar-refractivity contribution in [3.63, 3.8) is 0 Å². The molecule has 3 heterocycles. The number of sulfonamides is 1. The molecule has 7 fully saturated rings. The van der Waals surface area contributed by atoms with Crippen LogP contribution >= 0.6 is 0 Å². The molecular weight excluding hydrogens is 643 g/mol. The third kappa shape index (κ3) is 4.11. The summed E-state index contributed by atoms with van der Waals surface area (Å²) in [6.07, 6.45) is -5.91. The number of esters is 1. The fraction of sp³-hybridized carbons (Fsp3) is 0.667. The standard InChI is InChI=1S/C33H38F3NO9S/c1-17-21-8-9-22-30-16-45-32(42,26(40)24(30)29(2,3)13-10-23(30)38)31(22,25(17)39)27(21)46-28(41)18-11-14-37(15-12-18)47(43,44)20-6-4-19(5-7-20)33(34,35)36/h4-7,18,21-22,24,26-27,40,42H,1,8-16H2,2-3H3/t21-,22-,24+,26-,27+,30+,31-,32+/m0/s1. The summed E-state index contributed by atoms with van der Waals surface area (Å²) in [6, 6.07) is 3.21. The number of hydrogen-bond donors (Lipinski definition) is 2. The van der Waals surface area contributed by atoms with Crippen molar-refractivity contribution >= 4 is 27.6 Å². The van der Waals surface area contributed by atoms with E-state index in [1.54, 1.807) is 0 Å². The minimum atomic E-state index is -4.61. The maximum absolute atomic E-state index is 14.3. The van der Waals surface area contributed by atoms with E-state index < -0.39 is 91.4 Å². The van der Waals surface area contributed by atoms with Gasteiger partial charge in [0.05, 0.1) is 28.4 Å². The number of benzene rings is 1. The van der Waals surface area contributed by atoms with Gasteiger partial charge in [-0.1, -0.05) is 20.4 Å². The molecule has 8 rings (SSSR count). The lowest BCUT2D eigenvalue weighted by atomic mass is 9.36. The van der Waals surface area contributed by atoms with Crippen molar-refractivity contribution in [1.82, 2.24) is 4.31 Å². The fourth-order valence-corrected chi connectivity index (χ4v) is 11.8. The van der Waals surface area contributed by atoms with Gasteiger partial charge in [-0.25, -0.2) is 8.42 Å². The van der Waals surface area contributed by atoms with Gasteiger partial charge in [-0.05, 0) is 73.3 Å². The quantitative estimate of drug-likeness (QED) is 0.361. The molecule has 4 saturated carbocycles. The van der Waals surface area contributed by atoms with E-state index in [1.165, 1.54) is 0 Å². The minimum absolute atomic E-state index is 0.0451. The molecule has 0 radical (unpaired) electrons. The van der Waals surface area contributed by atoms with Crippen LogP contribution in [0.2, 0.25) is 0 Å². The number of nitrogens with zero attached hydrogens (tertiary/aromatic N) is 1. The molecule has 47 heavy (non-hydrogen) atoms. The lowest BCUT2D eigenvalue weighted by Gasteiger charge is -2.73. The number of ketones is 2. The Bertz CT molecular complexity index is 1670. The summed E-state index contributed by atoms with van der Waals surface area (Å²) >= 11 is 0. The largest absolute Gasteiger partial charge is 0.460 e. The molecule has 1 aromatic carbocycles. The number of hydrogen-bond acceptors (Lipinski definition) is 9. The van der Waals surface area contributed by atoms with Gasteiger partial charge in [-0.2, -0.15) is 17.5 Å². The van der Waals surface area contributed by atoms with Gasteiger partial charge in [0.15, 0.2) is 5.78 Å².